The van der Waals surface area contributed by atoms with Gasteiger partial charge in [-0.1, -0.05) is 30.3 Å². The number of ether oxygens (including phenoxy) is 6. The zero-order chi connectivity index (χ0) is 19.7. The van der Waals surface area contributed by atoms with Crippen LogP contribution in [0.1, 0.15) is 26.3 Å². The zero-order valence-corrected chi connectivity index (χ0v) is 16.3. The first-order chi connectivity index (χ1) is 13.4. The summed E-state index contributed by atoms with van der Waals surface area (Å²) in [4.78, 5) is 11.3. The Balaban J connectivity index is 1.46. The Morgan fingerprint density at radius 1 is 1.14 bits per heavy atom. The standard InChI is InChI=1S/C21H26O7/c1-13-17(26-16-10-9-15(22)12-23-16)18-19(28-21(2,3)27-18)20(25-13)24-11-14-7-5-4-6-8-14/h4-10,13,16-20H,11-12H2,1-3H3. The molecule has 6 unspecified atom stereocenters. The molecule has 0 amide bonds. The summed E-state index contributed by atoms with van der Waals surface area (Å²) in [6, 6.07) is 9.90. The van der Waals surface area contributed by atoms with Crippen molar-refractivity contribution in [2.75, 3.05) is 6.61 Å². The van der Waals surface area contributed by atoms with Gasteiger partial charge in [-0.15, -0.1) is 0 Å². The summed E-state index contributed by atoms with van der Waals surface area (Å²) in [5.41, 5.74) is 1.05. The van der Waals surface area contributed by atoms with Gasteiger partial charge in [-0.05, 0) is 38.5 Å². The fourth-order valence-electron chi connectivity index (χ4n) is 3.68. The van der Waals surface area contributed by atoms with E-state index in [1.807, 2.05) is 51.1 Å². The van der Waals surface area contributed by atoms with Gasteiger partial charge in [-0.3, -0.25) is 4.79 Å². The Bertz CT molecular complexity index is 717. The van der Waals surface area contributed by atoms with Crippen molar-refractivity contribution in [2.45, 2.75) is 70.2 Å². The fraction of sp³-hybridized carbons (Fsp3) is 0.571. The summed E-state index contributed by atoms with van der Waals surface area (Å²) in [6.07, 6.45) is 0.326. The predicted molar refractivity (Wildman–Crippen MR) is 98.2 cm³/mol. The first-order valence-electron chi connectivity index (χ1n) is 9.56. The van der Waals surface area contributed by atoms with Gasteiger partial charge in [-0.25, -0.2) is 0 Å². The van der Waals surface area contributed by atoms with Crippen LogP contribution in [-0.4, -0.2) is 55.2 Å². The molecule has 0 saturated carbocycles. The van der Waals surface area contributed by atoms with Crippen molar-refractivity contribution in [3.8, 4) is 0 Å². The van der Waals surface area contributed by atoms with E-state index in [2.05, 4.69) is 0 Å². The third-order valence-corrected chi connectivity index (χ3v) is 4.94. The molecule has 6 atom stereocenters. The van der Waals surface area contributed by atoms with E-state index in [-0.39, 0.29) is 24.6 Å². The smallest absolute Gasteiger partial charge is 0.187 e. The van der Waals surface area contributed by atoms with Gasteiger partial charge in [-0.2, -0.15) is 0 Å². The lowest BCUT2D eigenvalue weighted by Gasteiger charge is -2.41. The monoisotopic (exact) mass is 390 g/mol. The van der Waals surface area contributed by atoms with Gasteiger partial charge in [0.15, 0.2) is 24.2 Å². The molecule has 0 aliphatic carbocycles. The third kappa shape index (κ3) is 4.35. The van der Waals surface area contributed by atoms with Crippen LogP contribution in [0.4, 0.5) is 0 Å². The van der Waals surface area contributed by atoms with Gasteiger partial charge in [0.05, 0.1) is 12.7 Å². The van der Waals surface area contributed by atoms with Gasteiger partial charge < -0.3 is 28.4 Å². The molecule has 7 heteroatoms. The molecular formula is C21H26O7. The van der Waals surface area contributed by atoms with Gasteiger partial charge in [0.2, 0.25) is 0 Å². The molecule has 2 fully saturated rings. The maximum Gasteiger partial charge on any atom is 0.187 e. The first kappa shape index (κ1) is 19.7. The Kier molecular flexibility index (Phi) is 5.64. The minimum Gasteiger partial charge on any atom is -0.345 e. The first-order valence-corrected chi connectivity index (χ1v) is 9.56. The Morgan fingerprint density at radius 3 is 2.61 bits per heavy atom. The molecule has 0 aromatic heterocycles. The van der Waals surface area contributed by atoms with E-state index in [0.29, 0.717) is 6.61 Å². The summed E-state index contributed by atoms with van der Waals surface area (Å²) in [6.45, 7) is 6.04. The second-order valence-corrected chi connectivity index (χ2v) is 7.68. The van der Waals surface area contributed by atoms with Crippen LogP contribution in [0.3, 0.4) is 0 Å². The highest BCUT2D eigenvalue weighted by atomic mass is 16.8. The van der Waals surface area contributed by atoms with Crippen LogP contribution in [0.15, 0.2) is 42.5 Å². The number of fused-ring (bicyclic) bond motifs is 1. The molecule has 0 spiro atoms. The molecule has 1 aromatic carbocycles. The van der Waals surface area contributed by atoms with Crippen molar-refractivity contribution < 1.29 is 33.2 Å². The maximum absolute atomic E-state index is 11.3. The number of carbonyl (C=O) groups is 1. The minimum atomic E-state index is -0.780. The molecule has 152 valence electrons. The number of carbonyl (C=O) groups excluding carboxylic acids is 1. The molecule has 1 aromatic rings. The van der Waals surface area contributed by atoms with Crippen LogP contribution in [0, 0.1) is 0 Å². The van der Waals surface area contributed by atoms with Crippen molar-refractivity contribution in [3.05, 3.63) is 48.0 Å². The highest BCUT2D eigenvalue weighted by Crippen LogP contribution is 2.39. The van der Waals surface area contributed by atoms with Crippen LogP contribution in [0.2, 0.25) is 0 Å². The summed E-state index contributed by atoms with van der Waals surface area (Å²) in [7, 11) is 0. The lowest BCUT2D eigenvalue weighted by atomic mass is 9.99. The highest BCUT2D eigenvalue weighted by molar-refractivity contribution is 5.91. The fourth-order valence-corrected chi connectivity index (χ4v) is 3.68. The lowest BCUT2D eigenvalue weighted by molar-refractivity contribution is -0.297. The van der Waals surface area contributed by atoms with Gasteiger partial charge in [0.25, 0.3) is 0 Å². The average molecular weight is 390 g/mol. The van der Waals surface area contributed by atoms with E-state index < -0.39 is 30.6 Å². The van der Waals surface area contributed by atoms with Crippen molar-refractivity contribution in [1.29, 1.82) is 0 Å². The van der Waals surface area contributed by atoms with Crippen molar-refractivity contribution in [3.63, 3.8) is 0 Å². The highest BCUT2D eigenvalue weighted by Gasteiger charge is 2.55. The van der Waals surface area contributed by atoms with E-state index in [0.717, 1.165) is 5.56 Å². The van der Waals surface area contributed by atoms with Gasteiger partial charge in [0.1, 0.15) is 24.9 Å². The lowest BCUT2D eigenvalue weighted by Crippen LogP contribution is -2.57. The summed E-state index contributed by atoms with van der Waals surface area (Å²) in [5.74, 6) is -0.862. The molecule has 0 radical (unpaired) electrons. The predicted octanol–water partition coefficient (Wildman–Crippen LogP) is 2.33. The van der Waals surface area contributed by atoms with Crippen molar-refractivity contribution in [1.82, 2.24) is 0 Å². The normalized spacial score (nSPS) is 37.0. The van der Waals surface area contributed by atoms with Gasteiger partial charge >= 0.3 is 0 Å². The van der Waals surface area contributed by atoms with E-state index in [9.17, 15) is 4.79 Å². The number of hydrogen-bond donors (Lipinski definition) is 0. The topological polar surface area (TPSA) is 72.5 Å². The number of hydrogen-bond acceptors (Lipinski definition) is 7. The molecule has 0 bridgehead atoms. The molecule has 7 nitrogen and oxygen atoms in total. The summed E-state index contributed by atoms with van der Waals surface area (Å²) in [5, 5.41) is 0. The van der Waals surface area contributed by atoms with Crippen LogP contribution in [0.5, 0.6) is 0 Å². The van der Waals surface area contributed by atoms with E-state index in [4.69, 9.17) is 28.4 Å². The van der Waals surface area contributed by atoms with Crippen molar-refractivity contribution >= 4 is 5.78 Å². The Hall–Kier alpha value is -1.61. The van der Waals surface area contributed by atoms with E-state index in [1.54, 1.807) is 6.08 Å². The number of ketones is 1. The minimum absolute atomic E-state index is 0.00286. The average Bonchev–Trinajstić information content (AvgIpc) is 3.00. The Morgan fingerprint density at radius 2 is 1.89 bits per heavy atom. The van der Waals surface area contributed by atoms with E-state index in [1.165, 1.54) is 6.08 Å². The molecule has 4 rings (SSSR count). The van der Waals surface area contributed by atoms with Crippen LogP contribution in [0.25, 0.3) is 0 Å². The van der Waals surface area contributed by atoms with Crippen LogP contribution < -0.4 is 0 Å². The summed E-state index contributed by atoms with van der Waals surface area (Å²) >= 11 is 0. The second-order valence-electron chi connectivity index (χ2n) is 7.68. The molecular weight excluding hydrogens is 364 g/mol. The van der Waals surface area contributed by atoms with Crippen molar-refractivity contribution in [2.24, 2.45) is 0 Å². The van der Waals surface area contributed by atoms with E-state index >= 15 is 0 Å². The number of benzene rings is 1. The molecule has 28 heavy (non-hydrogen) atoms. The largest absolute Gasteiger partial charge is 0.345 e. The van der Waals surface area contributed by atoms with Gasteiger partial charge in [0, 0.05) is 0 Å². The summed E-state index contributed by atoms with van der Waals surface area (Å²) < 4.78 is 35.8. The zero-order valence-electron chi connectivity index (χ0n) is 16.3. The molecule has 2 saturated heterocycles. The SMILES string of the molecule is CC1OC(OCc2ccccc2)C2OC(C)(C)OC2C1OC1C=CC(=O)CO1. The number of rotatable bonds is 5. The molecule has 3 heterocycles. The third-order valence-electron chi connectivity index (χ3n) is 4.94. The maximum atomic E-state index is 11.3. The quantitative estimate of drug-likeness (QED) is 0.764. The van der Waals surface area contributed by atoms with Crippen LogP contribution in [-0.2, 0) is 39.8 Å². The molecule has 3 aliphatic heterocycles. The molecule has 0 N–H and O–H groups in total. The van der Waals surface area contributed by atoms with Crippen LogP contribution >= 0.6 is 0 Å². The Labute approximate surface area is 164 Å². The molecule has 3 aliphatic rings. The second kappa shape index (κ2) is 8.02.